The Morgan fingerprint density at radius 2 is 1.80 bits per heavy atom. The fraction of sp³-hybridized carbons (Fsp3) is 0.357. The summed E-state index contributed by atoms with van der Waals surface area (Å²) in [6.45, 7) is 2.42. The lowest BCUT2D eigenvalue weighted by Crippen LogP contribution is -2.08. The minimum absolute atomic E-state index is 0.332. The fourth-order valence-corrected chi connectivity index (χ4v) is 1.70. The number of aromatic nitrogens is 3. The molecule has 0 aliphatic carbocycles. The first-order valence-electron chi connectivity index (χ1n) is 6.48. The van der Waals surface area contributed by atoms with Crippen molar-refractivity contribution in [2.75, 3.05) is 38.0 Å². The highest BCUT2D eigenvalue weighted by Gasteiger charge is 2.08. The predicted molar refractivity (Wildman–Crippen MR) is 80.3 cm³/mol. The number of rotatable bonds is 5. The van der Waals surface area contributed by atoms with Crippen LogP contribution in [-0.2, 0) is 0 Å². The van der Waals surface area contributed by atoms with Gasteiger partial charge in [0.1, 0.15) is 0 Å². The van der Waals surface area contributed by atoms with Gasteiger partial charge in [-0.15, -0.1) is 0 Å². The molecule has 2 rings (SSSR count). The van der Waals surface area contributed by atoms with Gasteiger partial charge in [0.2, 0.25) is 5.95 Å². The van der Waals surface area contributed by atoms with E-state index in [1.807, 2.05) is 50.2 Å². The van der Waals surface area contributed by atoms with Crippen LogP contribution in [-0.4, -0.2) is 42.7 Å². The maximum absolute atomic E-state index is 5.36. The van der Waals surface area contributed by atoms with Gasteiger partial charge in [-0.1, -0.05) is 0 Å². The summed E-state index contributed by atoms with van der Waals surface area (Å²) in [4.78, 5) is 14.9. The van der Waals surface area contributed by atoms with E-state index in [4.69, 9.17) is 4.74 Å². The van der Waals surface area contributed by atoms with Crippen molar-refractivity contribution in [3.8, 4) is 17.4 Å². The quantitative estimate of drug-likeness (QED) is 0.899. The van der Waals surface area contributed by atoms with E-state index >= 15 is 0 Å². The average Bonchev–Trinajstić information content (AvgIpc) is 2.47. The Balaban J connectivity index is 2.37. The van der Waals surface area contributed by atoms with E-state index in [0.717, 1.165) is 11.3 Å². The maximum atomic E-state index is 5.36. The predicted octanol–water partition coefficient (Wildman–Crippen LogP) is 2.04. The monoisotopic (exact) mass is 273 g/mol. The van der Waals surface area contributed by atoms with Gasteiger partial charge in [-0.05, 0) is 31.2 Å². The van der Waals surface area contributed by atoms with Crippen molar-refractivity contribution in [1.82, 2.24) is 15.0 Å². The van der Waals surface area contributed by atoms with Gasteiger partial charge in [0.05, 0.1) is 6.61 Å². The number of ether oxygens (including phenoxy) is 1. The molecule has 0 bridgehead atoms. The SMILES string of the molecule is CCOc1nc(NC)nc(-c2ccc(N(C)C)cc2)n1. The molecule has 1 N–H and O–H groups in total. The summed E-state index contributed by atoms with van der Waals surface area (Å²) in [5.41, 5.74) is 2.05. The molecule has 0 amide bonds. The van der Waals surface area contributed by atoms with Gasteiger partial charge < -0.3 is 15.0 Å². The molecule has 1 aromatic carbocycles. The summed E-state index contributed by atoms with van der Waals surface area (Å²) in [5.74, 6) is 1.09. The number of anilines is 2. The van der Waals surface area contributed by atoms with Gasteiger partial charge in [-0.3, -0.25) is 0 Å². The highest BCUT2D eigenvalue weighted by molar-refractivity contribution is 5.61. The minimum Gasteiger partial charge on any atom is -0.464 e. The molecule has 0 saturated heterocycles. The molecule has 1 heterocycles. The second-order valence-corrected chi connectivity index (χ2v) is 4.39. The molecule has 106 valence electrons. The van der Waals surface area contributed by atoms with Crippen LogP contribution in [0.4, 0.5) is 11.6 Å². The normalized spacial score (nSPS) is 10.2. The van der Waals surface area contributed by atoms with Gasteiger partial charge in [0.25, 0.3) is 0 Å². The first-order valence-corrected chi connectivity index (χ1v) is 6.48. The van der Waals surface area contributed by atoms with Crippen LogP contribution in [0, 0.1) is 0 Å². The molecule has 0 fully saturated rings. The lowest BCUT2D eigenvalue weighted by atomic mass is 10.2. The summed E-state index contributed by atoms with van der Waals surface area (Å²) in [5, 5.41) is 2.92. The highest BCUT2D eigenvalue weighted by Crippen LogP contribution is 2.21. The highest BCUT2D eigenvalue weighted by atomic mass is 16.5. The van der Waals surface area contributed by atoms with Crippen molar-refractivity contribution in [2.24, 2.45) is 0 Å². The lowest BCUT2D eigenvalue weighted by molar-refractivity contribution is 0.312. The van der Waals surface area contributed by atoms with E-state index in [9.17, 15) is 0 Å². The fourth-order valence-electron chi connectivity index (χ4n) is 1.70. The van der Waals surface area contributed by atoms with Crippen LogP contribution >= 0.6 is 0 Å². The molecule has 0 unspecified atom stereocenters. The topological polar surface area (TPSA) is 63.2 Å². The van der Waals surface area contributed by atoms with Crippen molar-refractivity contribution in [3.05, 3.63) is 24.3 Å². The number of hydrogen-bond acceptors (Lipinski definition) is 6. The zero-order valence-corrected chi connectivity index (χ0v) is 12.2. The van der Waals surface area contributed by atoms with Gasteiger partial charge in [-0.25, -0.2) is 0 Å². The Morgan fingerprint density at radius 1 is 1.10 bits per heavy atom. The van der Waals surface area contributed by atoms with Crippen molar-refractivity contribution in [2.45, 2.75) is 6.92 Å². The third-order valence-corrected chi connectivity index (χ3v) is 2.75. The third kappa shape index (κ3) is 3.14. The van der Waals surface area contributed by atoms with Crippen LogP contribution in [0.3, 0.4) is 0 Å². The van der Waals surface area contributed by atoms with Crippen LogP contribution in [0.1, 0.15) is 6.92 Å². The van der Waals surface area contributed by atoms with E-state index in [1.165, 1.54) is 0 Å². The zero-order chi connectivity index (χ0) is 14.5. The van der Waals surface area contributed by atoms with Crippen molar-refractivity contribution in [3.63, 3.8) is 0 Å². The second kappa shape index (κ2) is 6.18. The molecule has 0 atom stereocenters. The van der Waals surface area contributed by atoms with Gasteiger partial charge in [0.15, 0.2) is 5.82 Å². The molecular weight excluding hydrogens is 254 g/mol. The first kappa shape index (κ1) is 14.0. The summed E-state index contributed by atoms with van der Waals surface area (Å²) >= 11 is 0. The molecule has 0 spiro atoms. The first-order chi connectivity index (χ1) is 9.63. The molecule has 0 aliphatic heterocycles. The molecule has 6 nitrogen and oxygen atoms in total. The average molecular weight is 273 g/mol. The molecule has 0 aliphatic rings. The largest absolute Gasteiger partial charge is 0.464 e. The van der Waals surface area contributed by atoms with E-state index in [2.05, 4.69) is 20.3 Å². The summed E-state index contributed by atoms with van der Waals surface area (Å²) in [6.07, 6.45) is 0. The lowest BCUT2D eigenvalue weighted by Gasteiger charge is -2.12. The van der Waals surface area contributed by atoms with Gasteiger partial charge >= 0.3 is 6.01 Å². The van der Waals surface area contributed by atoms with Crippen LogP contribution in [0.25, 0.3) is 11.4 Å². The van der Waals surface area contributed by atoms with Gasteiger partial charge in [0, 0.05) is 32.4 Å². The van der Waals surface area contributed by atoms with Crippen LogP contribution in [0.5, 0.6) is 6.01 Å². The Morgan fingerprint density at radius 3 is 2.35 bits per heavy atom. The number of nitrogens with one attached hydrogen (secondary N) is 1. The zero-order valence-electron chi connectivity index (χ0n) is 12.2. The second-order valence-electron chi connectivity index (χ2n) is 4.39. The number of benzene rings is 1. The van der Waals surface area contributed by atoms with Crippen molar-refractivity contribution in [1.29, 1.82) is 0 Å². The van der Waals surface area contributed by atoms with E-state index in [0.29, 0.717) is 24.4 Å². The minimum atomic E-state index is 0.332. The molecule has 0 radical (unpaired) electrons. The Bertz CT molecular complexity index is 568. The van der Waals surface area contributed by atoms with Crippen molar-refractivity contribution >= 4 is 11.6 Å². The Hall–Kier alpha value is -2.37. The van der Waals surface area contributed by atoms with Crippen LogP contribution in [0.2, 0.25) is 0 Å². The maximum Gasteiger partial charge on any atom is 0.321 e. The summed E-state index contributed by atoms with van der Waals surface area (Å²) in [7, 11) is 5.78. The van der Waals surface area contributed by atoms with Crippen molar-refractivity contribution < 1.29 is 4.74 Å². The molecule has 0 saturated carbocycles. The van der Waals surface area contributed by atoms with Gasteiger partial charge in [-0.2, -0.15) is 15.0 Å². The molecule has 1 aromatic heterocycles. The smallest absolute Gasteiger partial charge is 0.321 e. The molecule has 6 heteroatoms. The number of hydrogen-bond donors (Lipinski definition) is 1. The van der Waals surface area contributed by atoms with E-state index < -0.39 is 0 Å². The summed E-state index contributed by atoms with van der Waals surface area (Å²) < 4.78 is 5.36. The number of nitrogens with zero attached hydrogens (tertiary/aromatic N) is 4. The third-order valence-electron chi connectivity index (χ3n) is 2.75. The Kier molecular flexibility index (Phi) is 4.34. The Labute approximate surface area is 118 Å². The van der Waals surface area contributed by atoms with Crippen LogP contribution in [0.15, 0.2) is 24.3 Å². The summed E-state index contributed by atoms with van der Waals surface area (Å²) in [6, 6.07) is 8.36. The van der Waals surface area contributed by atoms with E-state index in [1.54, 1.807) is 7.05 Å². The van der Waals surface area contributed by atoms with Crippen LogP contribution < -0.4 is 15.0 Å². The standard InChI is InChI=1S/C14H19N5O/c1-5-20-14-17-12(16-13(15-2)18-14)10-6-8-11(9-7-10)19(3)4/h6-9H,5H2,1-4H3,(H,15,16,17,18). The van der Waals surface area contributed by atoms with E-state index in [-0.39, 0.29) is 0 Å². The molecular formula is C14H19N5O. The molecule has 2 aromatic rings. The molecule has 20 heavy (non-hydrogen) atoms.